The van der Waals surface area contributed by atoms with Gasteiger partial charge in [0.1, 0.15) is 35.7 Å². The van der Waals surface area contributed by atoms with Gasteiger partial charge in [-0.3, -0.25) is 4.68 Å². The van der Waals surface area contributed by atoms with Gasteiger partial charge in [-0.05, 0) is 12.1 Å². The summed E-state index contributed by atoms with van der Waals surface area (Å²) in [6.07, 6.45) is 4.21. The lowest BCUT2D eigenvalue weighted by Crippen LogP contribution is -2.33. The molecule has 33 heavy (non-hydrogen) atoms. The summed E-state index contributed by atoms with van der Waals surface area (Å²) in [6.45, 7) is 5.95. The summed E-state index contributed by atoms with van der Waals surface area (Å²) in [6, 6.07) is 6.30. The second-order valence-corrected chi connectivity index (χ2v) is 8.23. The number of aryl methyl sites for hydroxylation is 1. The minimum Gasteiger partial charge on any atom is -0.443 e. The number of anilines is 2. The van der Waals surface area contributed by atoms with Crippen molar-refractivity contribution in [2.45, 2.75) is 26.2 Å². The number of urea groups is 1. The number of ether oxygens (including phenoxy) is 1. The molecule has 0 aliphatic heterocycles. The minimum atomic E-state index is -0.872. The van der Waals surface area contributed by atoms with Crippen molar-refractivity contribution in [3.63, 3.8) is 0 Å². The molecule has 4 rings (SSSR count). The van der Waals surface area contributed by atoms with Crippen LogP contribution in [0.3, 0.4) is 0 Å². The molecule has 0 unspecified atom stereocenters. The second kappa shape index (κ2) is 8.34. The Bertz CT molecular complexity index is 1300. The Morgan fingerprint density at radius 1 is 1.18 bits per heavy atom. The van der Waals surface area contributed by atoms with Crippen molar-refractivity contribution in [3.8, 4) is 23.2 Å². The van der Waals surface area contributed by atoms with Gasteiger partial charge in [0.25, 0.3) is 0 Å². The molecule has 1 aromatic carbocycles. The van der Waals surface area contributed by atoms with Crippen LogP contribution < -0.4 is 15.4 Å². The smallest absolute Gasteiger partial charge is 0.325 e. The molecular weight excluding hydrogens is 429 g/mol. The quantitative estimate of drug-likeness (QED) is 0.479. The van der Waals surface area contributed by atoms with Crippen molar-refractivity contribution < 1.29 is 18.3 Å². The summed E-state index contributed by atoms with van der Waals surface area (Å²) < 4.78 is 27.3. The number of primary amides is 1. The molecule has 0 radical (unpaired) electrons. The van der Waals surface area contributed by atoms with Gasteiger partial charge in [0.2, 0.25) is 11.8 Å². The lowest BCUT2D eigenvalue weighted by atomic mass is 9.92. The zero-order valence-corrected chi connectivity index (χ0v) is 18.5. The number of carbonyl (C=O) groups excluding carboxylic acids is 1. The van der Waals surface area contributed by atoms with Crippen LogP contribution >= 0.6 is 0 Å². The Morgan fingerprint density at radius 2 is 1.97 bits per heavy atom. The van der Waals surface area contributed by atoms with Crippen LogP contribution in [0.25, 0.3) is 11.6 Å². The molecule has 0 saturated carbocycles. The molecular formula is C22H22FN7O3. The molecule has 170 valence electrons. The van der Waals surface area contributed by atoms with E-state index in [1.165, 1.54) is 47.7 Å². The van der Waals surface area contributed by atoms with E-state index in [-0.39, 0.29) is 22.7 Å². The number of amides is 2. The predicted molar refractivity (Wildman–Crippen MR) is 118 cm³/mol. The molecule has 0 bridgehead atoms. The van der Waals surface area contributed by atoms with Gasteiger partial charge in [-0.25, -0.2) is 29.0 Å². The molecule has 0 saturated heterocycles. The van der Waals surface area contributed by atoms with Gasteiger partial charge < -0.3 is 14.9 Å². The van der Waals surface area contributed by atoms with E-state index in [0.717, 1.165) is 10.6 Å². The van der Waals surface area contributed by atoms with Gasteiger partial charge in [0.05, 0.1) is 17.6 Å². The van der Waals surface area contributed by atoms with Gasteiger partial charge in [-0.1, -0.05) is 20.8 Å². The van der Waals surface area contributed by atoms with Crippen molar-refractivity contribution in [2.75, 3.05) is 4.90 Å². The van der Waals surface area contributed by atoms with Crippen LogP contribution in [0.15, 0.2) is 53.5 Å². The van der Waals surface area contributed by atoms with Crippen LogP contribution in [0, 0.1) is 5.82 Å². The number of hydrogen-bond acceptors (Lipinski definition) is 7. The Balaban J connectivity index is 1.70. The summed E-state index contributed by atoms with van der Waals surface area (Å²) in [7, 11) is 1.66. The molecule has 2 N–H and O–H groups in total. The number of aromatic nitrogens is 5. The van der Waals surface area contributed by atoms with Gasteiger partial charge in [0, 0.05) is 30.7 Å². The molecule has 0 atom stereocenters. The lowest BCUT2D eigenvalue weighted by molar-refractivity contribution is 0.255. The fraction of sp³-hybridized carbons (Fsp3) is 0.227. The van der Waals surface area contributed by atoms with E-state index in [4.69, 9.17) is 14.9 Å². The highest BCUT2D eigenvalue weighted by atomic mass is 19.1. The second-order valence-electron chi connectivity index (χ2n) is 8.23. The minimum absolute atomic E-state index is 0.0922. The molecule has 11 heteroatoms. The molecule has 0 aliphatic carbocycles. The average molecular weight is 451 g/mol. The van der Waals surface area contributed by atoms with Crippen LogP contribution in [-0.2, 0) is 12.5 Å². The topological polar surface area (TPSA) is 125 Å². The normalized spacial score (nSPS) is 11.4. The average Bonchev–Trinajstić information content (AvgIpc) is 3.41. The fourth-order valence-corrected chi connectivity index (χ4v) is 3.10. The first kappa shape index (κ1) is 21.9. The maximum absolute atomic E-state index is 14.8. The van der Waals surface area contributed by atoms with Crippen LogP contribution in [0.1, 0.15) is 26.5 Å². The van der Waals surface area contributed by atoms with E-state index in [1.54, 1.807) is 13.1 Å². The Labute approximate surface area is 188 Å². The zero-order chi connectivity index (χ0) is 23.8. The van der Waals surface area contributed by atoms with Crippen molar-refractivity contribution in [3.05, 3.63) is 60.6 Å². The molecule has 3 aromatic heterocycles. The Hall–Kier alpha value is -4.28. The Kier molecular flexibility index (Phi) is 5.54. The van der Waals surface area contributed by atoms with Gasteiger partial charge >= 0.3 is 6.03 Å². The number of nitrogens with two attached hydrogens (primary N) is 1. The first-order valence-corrected chi connectivity index (χ1v) is 9.97. The van der Waals surface area contributed by atoms with E-state index >= 15 is 0 Å². The van der Waals surface area contributed by atoms with Crippen molar-refractivity contribution in [1.82, 2.24) is 24.7 Å². The lowest BCUT2D eigenvalue weighted by Gasteiger charge is -2.21. The highest BCUT2D eigenvalue weighted by Gasteiger charge is 2.27. The number of halogens is 1. The van der Waals surface area contributed by atoms with Crippen LogP contribution in [0.5, 0.6) is 11.6 Å². The van der Waals surface area contributed by atoms with Crippen LogP contribution in [0.4, 0.5) is 20.7 Å². The van der Waals surface area contributed by atoms with E-state index in [0.29, 0.717) is 17.4 Å². The molecule has 10 nitrogen and oxygen atoms in total. The number of rotatable bonds is 5. The van der Waals surface area contributed by atoms with E-state index in [9.17, 15) is 9.18 Å². The number of benzene rings is 1. The van der Waals surface area contributed by atoms with Crippen molar-refractivity contribution >= 4 is 17.5 Å². The van der Waals surface area contributed by atoms with E-state index in [2.05, 4.69) is 20.1 Å². The summed E-state index contributed by atoms with van der Waals surface area (Å²) in [5.41, 5.74) is 6.39. The van der Waals surface area contributed by atoms with E-state index < -0.39 is 11.8 Å². The molecule has 3 heterocycles. The first-order chi connectivity index (χ1) is 15.6. The monoisotopic (exact) mass is 451 g/mol. The highest BCUT2D eigenvalue weighted by molar-refractivity contribution is 5.98. The third-order valence-electron chi connectivity index (χ3n) is 4.75. The van der Waals surface area contributed by atoms with Gasteiger partial charge in [0.15, 0.2) is 0 Å². The Morgan fingerprint density at radius 3 is 2.61 bits per heavy atom. The number of nitrogens with zero attached hydrogens (tertiary/aromatic N) is 6. The third kappa shape index (κ3) is 4.52. The van der Waals surface area contributed by atoms with E-state index in [1.807, 2.05) is 20.8 Å². The largest absolute Gasteiger partial charge is 0.443 e. The number of carbonyl (C=O) groups is 1. The summed E-state index contributed by atoms with van der Waals surface area (Å²) in [5.74, 6) is 0.358. The number of oxazole rings is 1. The summed E-state index contributed by atoms with van der Waals surface area (Å²) in [4.78, 5) is 25.6. The molecule has 0 fully saturated rings. The molecule has 0 aliphatic rings. The maximum Gasteiger partial charge on any atom is 0.325 e. The predicted octanol–water partition coefficient (Wildman–Crippen LogP) is 4.31. The van der Waals surface area contributed by atoms with Crippen molar-refractivity contribution in [1.29, 1.82) is 0 Å². The fourth-order valence-electron chi connectivity index (χ4n) is 3.10. The molecule has 2 amide bonds. The summed E-state index contributed by atoms with van der Waals surface area (Å²) >= 11 is 0. The van der Waals surface area contributed by atoms with Gasteiger partial charge in [-0.2, -0.15) is 5.10 Å². The van der Waals surface area contributed by atoms with Crippen LogP contribution in [0.2, 0.25) is 0 Å². The molecule has 0 spiro atoms. The highest BCUT2D eigenvalue weighted by Crippen LogP contribution is 2.34. The van der Waals surface area contributed by atoms with Crippen molar-refractivity contribution in [2.24, 2.45) is 12.8 Å². The zero-order valence-electron chi connectivity index (χ0n) is 18.5. The van der Waals surface area contributed by atoms with Crippen LogP contribution in [-0.4, -0.2) is 30.8 Å². The van der Waals surface area contributed by atoms with Gasteiger partial charge in [-0.15, -0.1) is 0 Å². The summed E-state index contributed by atoms with van der Waals surface area (Å²) in [5, 5.41) is 4.45. The third-order valence-corrected chi connectivity index (χ3v) is 4.75. The SMILES string of the molecule is Cn1nc(C(C)(C)C)cc1N(C(N)=O)c1cc(Oc2cc(-c3ncco3)ncn2)ccc1F. The standard InChI is InChI=1S/C22H22FN7O3/c1-22(2,3)17-11-19(29(4)28-17)30(21(24)31)16-9-13(5-6-14(16)23)33-18-10-15(26-12-27-18)20-25-7-8-32-20/h5-12H,1-4H3,(H2,24,31). The molecule has 4 aromatic rings. The first-order valence-electron chi connectivity index (χ1n) is 9.97. The number of hydrogen-bond donors (Lipinski definition) is 1. The maximum atomic E-state index is 14.8.